The summed E-state index contributed by atoms with van der Waals surface area (Å²) >= 11 is 13.5. The van der Waals surface area contributed by atoms with E-state index in [1.54, 1.807) is 47.8 Å². The topological polar surface area (TPSA) is 79.3 Å². The van der Waals surface area contributed by atoms with Gasteiger partial charge < -0.3 is 10.4 Å². The number of thiazole rings is 1. The average Bonchev–Trinajstić information content (AvgIpc) is 3.11. The Kier molecular flexibility index (Phi) is 6.11. The molecule has 0 aliphatic heterocycles. The van der Waals surface area contributed by atoms with Crippen molar-refractivity contribution in [1.29, 1.82) is 0 Å². The van der Waals surface area contributed by atoms with Crippen molar-refractivity contribution < 1.29 is 14.7 Å². The lowest BCUT2D eigenvalue weighted by atomic mass is 10.0. The molecule has 1 atom stereocenters. The van der Waals surface area contributed by atoms with Gasteiger partial charge in [0.15, 0.2) is 0 Å². The molecule has 0 radical (unpaired) electrons. The van der Waals surface area contributed by atoms with Gasteiger partial charge in [-0.2, -0.15) is 0 Å². The SMILES string of the molecule is O=C(O)CC(NC(=O)c1csc(-c2cccc(Cl)c2)n1)c1ccccc1Cl. The van der Waals surface area contributed by atoms with Crippen LogP contribution in [-0.2, 0) is 4.79 Å². The number of carboxylic acid groups (broad SMARTS) is 1. The van der Waals surface area contributed by atoms with E-state index in [9.17, 15) is 14.7 Å². The van der Waals surface area contributed by atoms with E-state index in [0.29, 0.717) is 20.6 Å². The lowest BCUT2D eigenvalue weighted by Gasteiger charge is -2.18. The third kappa shape index (κ3) is 4.86. The second kappa shape index (κ2) is 8.52. The molecular weight excluding hydrogens is 407 g/mol. The first-order valence-electron chi connectivity index (χ1n) is 7.92. The number of carbonyl (C=O) groups is 2. The summed E-state index contributed by atoms with van der Waals surface area (Å²) in [5, 5.41) is 15.1. The molecule has 0 fully saturated rings. The van der Waals surface area contributed by atoms with Crippen LogP contribution in [0.5, 0.6) is 0 Å². The van der Waals surface area contributed by atoms with Crippen molar-refractivity contribution in [3.8, 4) is 10.6 Å². The van der Waals surface area contributed by atoms with Crippen molar-refractivity contribution in [2.45, 2.75) is 12.5 Å². The molecule has 1 unspecified atom stereocenters. The molecule has 3 rings (SSSR count). The smallest absolute Gasteiger partial charge is 0.305 e. The Labute approximate surface area is 169 Å². The van der Waals surface area contributed by atoms with Crippen molar-refractivity contribution in [2.24, 2.45) is 0 Å². The molecule has 1 amide bonds. The van der Waals surface area contributed by atoms with Gasteiger partial charge in [0.1, 0.15) is 10.7 Å². The second-order valence-electron chi connectivity index (χ2n) is 5.69. The molecule has 0 saturated heterocycles. The Bertz CT molecular complexity index is 990. The van der Waals surface area contributed by atoms with Crippen LogP contribution in [0.1, 0.15) is 28.5 Å². The molecule has 2 aromatic carbocycles. The van der Waals surface area contributed by atoms with Crippen molar-refractivity contribution in [3.05, 3.63) is 75.2 Å². The minimum atomic E-state index is -1.04. The van der Waals surface area contributed by atoms with Crippen molar-refractivity contribution >= 4 is 46.4 Å². The van der Waals surface area contributed by atoms with E-state index in [1.165, 1.54) is 11.3 Å². The molecule has 5 nitrogen and oxygen atoms in total. The van der Waals surface area contributed by atoms with E-state index >= 15 is 0 Å². The molecule has 0 aliphatic rings. The van der Waals surface area contributed by atoms with Gasteiger partial charge in [0.25, 0.3) is 5.91 Å². The fourth-order valence-corrected chi connectivity index (χ4v) is 3.79. The maximum Gasteiger partial charge on any atom is 0.305 e. The number of carboxylic acids is 1. The highest BCUT2D eigenvalue weighted by molar-refractivity contribution is 7.13. The highest BCUT2D eigenvalue weighted by Crippen LogP contribution is 2.28. The van der Waals surface area contributed by atoms with Crippen LogP contribution < -0.4 is 5.32 Å². The number of carbonyl (C=O) groups excluding carboxylic acids is 1. The van der Waals surface area contributed by atoms with E-state index in [1.807, 2.05) is 6.07 Å². The predicted molar refractivity (Wildman–Crippen MR) is 106 cm³/mol. The Hall–Kier alpha value is -2.41. The number of benzene rings is 2. The fourth-order valence-electron chi connectivity index (χ4n) is 2.54. The second-order valence-corrected chi connectivity index (χ2v) is 7.40. The van der Waals surface area contributed by atoms with Gasteiger partial charge in [-0.05, 0) is 23.8 Å². The Morgan fingerprint density at radius 2 is 1.93 bits per heavy atom. The van der Waals surface area contributed by atoms with Gasteiger partial charge in [0, 0.05) is 21.0 Å². The monoisotopic (exact) mass is 420 g/mol. The van der Waals surface area contributed by atoms with E-state index in [4.69, 9.17) is 23.2 Å². The van der Waals surface area contributed by atoms with Crippen molar-refractivity contribution in [2.75, 3.05) is 0 Å². The first kappa shape index (κ1) is 19.4. The summed E-state index contributed by atoms with van der Waals surface area (Å²) < 4.78 is 0. The third-order valence-electron chi connectivity index (χ3n) is 3.77. The van der Waals surface area contributed by atoms with Crippen LogP contribution in [0, 0.1) is 0 Å². The molecular formula is C19H14Cl2N2O3S. The van der Waals surface area contributed by atoms with Gasteiger partial charge in [0.05, 0.1) is 12.5 Å². The van der Waals surface area contributed by atoms with Crippen molar-refractivity contribution in [3.63, 3.8) is 0 Å². The number of aliphatic carboxylic acids is 1. The molecule has 0 aliphatic carbocycles. The first-order chi connectivity index (χ1) is 12.9. The molecule has 2 N–H and O–H groups in total. The van der Waals surface area contributed by atoms with Crippen molar-refractivity contribution in [1.82, 2.24) is 10.3 Å². The predicted octanol–water partition coefficient (Wildman–Crippen LogP) is 5.06. The van der Waals surface area contributed by atoms with Crippen LogP contribution >= 0.6 is 34.5 Å². The number of amides is 1. The van der Waals surface area contributed by atoms with E-state index in [0.717, 1.165) is 5.56 Å². The van der Waals surface area contributed by atoms with Crippen LogP contribution in [0.3, 0.4) is 0 Å². The van der Waals surface area contributed by atoms with E-state index < -0.39 is 17.9 Å². The van der Waals surface area contributed by atoms with Gasteiger partial charge in [0.2, 0.25) is 0 Å². The van der Waals surface area contributed by atoms with Gasteiger partial charge in [-0.25, -0.2) is 4.98 Å². The summed E-state index contributed by atoms with van der Waals surface area (Å²) in [7, 11) is 0. The lowest BCUT2D eigenvalue weighted by molar-refractivity contribution is -0.137. The number of rotatable bonds is 6. The zero-order valence-corrected chi connectivity index (χ0v) is 16.2. The largest absolute Gasteiger partial charge is 0.481 e. The summed E-state index contributed by atoms with van der Waals surface area (Å²) in [6.07, 6.45) is -0.291. The first-order valence-corrected chi connectivity index (χ1v) is 9.56. The molecule has 3 aromatic rings. The Balaban J connectivity index is 1.82. The Morgan fingerprint density at radius 1 is 1.15 bits per heavy atom. The third-order valence-corrected chi connectivity index (χ3v) is 5.24. The molecule has 0 bridgehead atoms. The highest BCUT2D eigenvalue weighted by atomic mass is 35.5. The molecule has 1 heterocycles. The Morgan fingerprint density at radius 3 is 2.63 bits per heavy atom. The number of nitrogens with zero attached hydrogens (tertiary/aromatic N) is 1. The number of halogens is 2. The minimum Gasteiger partial charge on any atom is -0.481 e. The number of hydrogen-bond donors (Lipinski definition) is 2. The summed E-state index contributed by atoms with van der Waals surface area (Å²) in [5.74, 6) is -1.51. The fraction of sp³-hybridized carbons (Fsp3) is 0.105. The molecule has 8 heteroatoms. The maximum atomic E-state index is 12.6. The van der Waals surface area contributed by atoms with Gasteiger partial charge >= 0.3 is 5.97 Å². The standard InChI is InChI=1S/C19H14Cl2N2O3S/c20-12-5-3-4-11(8-12)19-23-16(10-27-19)18(26)22-15(9-17(24)25)13-6-1-2-7-14(13)21/h1-8,10,15H,9H2,(H,22,26)(H,24,25). The van der Waals surface area contributed by atoms with Crippen LogP contribution in [0.25, 0.3) is 10.6 Å². The average molecular weight is 421 g/mol. The maximum absolute atomic E-state index is 12.6. The highest BCUT2D eigenvalue weighted by Gasteiger charge is 2.22. The number of nitrogens with one attached hydrogen (secondary N) is 1. The van der Waals surface area contributed by atoms with Crippen LogP contribution in [0.15, 0.2) is 53.9 Å². The molecule has 0 spiro atoms. The zero-order chi connectivity index (χ0) is 19.4. The van der Waals surface area contributed by atoms with E-state index in [-0.39, 0.29) is 12.1 Å². The number of hydrogen-bond acceptors (Lipinski definition) is 4. The summed E-state index contributed by atoms with van der Waals surface area (Å²) in [6, 6.07) is 13.2. The van der Waals surface area contributed by atoms with E-state index in [2.05, 4.69) is 10.3 Å². The normalized spacial score (nSPS) is 11.8. The van der Waals surface area contributed by atoms with Crippen LogP contribution in [0.4, 0.5) is 0 Å². The summed E-state index contributed by atoms with van der Waals surface area (Å²) in [5.41, 5.74) is 1.55. The summed E-state index contributed by atoms with van der Waals surface area (Å²) in [4.78, 5) is 28.2. The quantitative estimate of drug-likeness (QED) is 0.583. The molecule has 27 heavy (non-hydrogen) atoms. The minimum absolute atomic E-state index is 0.206. The zero-order valence-electron chi connectivity index (χ0n) is 13.9. The molecule has 138 valence electrons. The van der Waals surface area contributed by atoms with Gasteiger partial charge in [-0.3, -0.25) is 9.59 Å². The van der Waals surface area contributed by atoms with Gasteiger partial charge in [-0.1, -0.05) is 53.5 Å². The van der Waals surface area contributed by atoms with Crippen LogP contribution in [0.2, 0.25) is 10.0 Å². The molecule has 0 saturated carbocycles. The van der Waals surface area contributed by atoms with Gasteiger partial charge in [-0.15, -0.1) is 11.3 Å². The van der Waals surface area contributed by atoms with Crippen LogP contribution in [-0.4, -0.2) is 22.0 Å². The number of aromatic nitrogens is 1. The lowest BCUT2D eigenvalue weighted by Crippen LogP contribution is -2.30. The summed E-state index contributed by atoms with van der Waals surface area (Å²) in [6.45, 7) is 0. The molecule has 1 aromatic heterocycles.